The summed E-state index contributed by atoms with van der Waals surface area (Å²) < 4.78 is 0. The topological polar surface area (TPSA) is 0 Å². The molecule has 15 heavy (non-hydrogen) atoms. The number of allylic oxidation sites excluding steroid dienone is 4. The first-order valence-corrected chi connectivity index (χ1v) is 8.56. The van der Waals surface area contributed by atoms with Gasteiger partial charge in [0, 0.05) is 0 Å². The molecule has 1 aromatic carbocycles. The molecule has 0 unspecified atom stereocenters. The largest absolute Gasteiger partial charge is 0.113 e. The van der Waals surface area contributed by atoms with Gasteiger partial charge < -0.3 is 0 Å². The summed E-state index contributed by atoms with van der Waals surface area (Å²) in [6.07, 6.45) is 4.57. The van der Waals surface area contributed by atoms with Crippen LogP contribution in [0.4, 0.5) is 0 Å². The predicted molar refractivity (Wildman–Crippen MR) is 71.0 cm³/mol. The number of hydrogen-bond acceptors (Lipinski definition) is 0. The van der Waals surface area contributed by atoms with Crippen LogP contribution in [-0.2, 0) is 0 Å². The second-order valence-corrected chi connectivity index (χ2v) is 8.90. The fourth-order valence-corrected chi connectivity index (χ4v) is 6.09. The lowest BCUT2D eigenvalue weighted by atomic mass is 10.1. The van der Waals surface area contributed by atoms with Crippen LogP contribution in [0.2, 0.25) is 13.1 Å². The van der Waals surface area contributed by atoms with E-state index in [0.29, 0.717) is 0 Å². The van der Waals surface area contributed by atoms with Crippen LogP contribution in [-0.4, -0.2) is 8.07 Å². The van der Waals surface area contributed by atoms with Crippen molar-refractivity contribution < 1.29 is 0 Å². The van der Waals surface area contributed by atoms with E-state index in [2.05, 4.69) is 63.4 Å². The van der Waals surface area contributed by atoms with Gasteiger partial charge in [-0.2, -0.15) is 0 Å². The van der Waals surface area contributed by atoms with E-state index in [1.54, 1.807) is 10.4 Å². The first kappa shape index (κ1) is 10.4. The van der Waals surface area contributed by atoms with Crippen molar-refractivity contribution in [3.05, 3.63) is 47.2 Å². The minimum atomic E-state index is -1.38. The van der Waals surface area contributed by atoms with E-state index in [9.17, 15) is 0 Å². The van der Waals surface area contributed by atoms with E-state index >= 15 is 0 Å². The maximum Gasteiger partial charge on any atom is 0.113 e. The molecule has 0 nitrogen and oxygen atoms in total. The quantitative estimate of drug-likeness (QED) is 0.580. The molecular formula is C14H18Si. The van der Waals surface area contributed by atoms with Gasteiger partial charge in [0.1, 0.15) is 8.07 Å². The molecule has 0 saturated heterocycles. The Labute approximate surface area is 93.3 Å². The van der Waals surface area contributed by atoms with E-state index in [1.165, 1.54) is 11.1 Å². The third-order valence-electron chi connectivity index (χ3n) is 3.43. The molecule has 0 N–H and O–H groups in total. The summed E-state index contributed by atoms with van der Waals surface area (Å²) in [7, 11) is -1.38. The Morgan fingerprint density at radius 1 is 1.00 bits per heavy atom. The van der Waals surface area contributed by atoms with Gasteiger partial charge in [0.25, 0.3) is 0 Å². The van der Waals surface area contributed by atoms with Gasteiger partial charge in [0.15, 0.2) is 0 Å². The lowest BCUT2D eigenvalue weighted by Gasteiger charge is -2.18. The molecule has 0 saturated carbocycles. The van der Waals surface area contributed by atoms with Gasteiger partial charge in [-0.3, -0.25) is 0 Å². The number of fused-ring (bicyclic) bond motifs is 1. The monoisotopic (exact) mass is 214 g/mol. The second kappa shape index (κ2) is 3.49. The van der Waals surface area contributed by atoms with Crippen LogP contribution in [0.25, 0.3) is 5.57 Å². The van der Waals surface area contributed by atoms with Crippen molar-refractivity contribution in [2.45, 2.75) is 26.9 Å². The van der Waals surface area contributed by atoms with Gasteiger partial charge in [0.2, 0.25) is 0 Å². The molecule has 0 aliphatic carbocycles. The Kier molecular flexibility index (Phi) is 2.43. The van der Waals surface area contributed by atoms with E-state index in [-0.39, 0.29) is 0 Å². The molecule has 0 amide bonds. The average Bonchev–Trinajstić information content (AvgIpc) is 2.46. The van der Waals surface area contributed by atoms with Crippen LogP contribution >= 0.6 is 0 Å². The SMILES string of the molecule is C/C=C1\C(=C/C)[Si](C)(C)c2ccccc21. The predicted octanol–water partition coefficient (Wildman–Crippen LogP) is 3.50. The van der Waals surface area contributed by atoms with Gasteiger partial charge in [0.05, 0.1) is 0 Å². The Balaban J connectivity index is 2.76. The highest BCUT2D eigenvalue weighted by Gasteiger charge is 2.38. The van der Waals surface area contributed by atoms with Crippen LogP contribution < -0.4 is 5.19 Å². The third-order valence-corrected chi connectivity index (χ3v) is 7.12. The van der Waals surface area contributed by atoms with Crippen LogP contribution in [0.5, 0.6) is 0 Å². The van der Waals surface area contributed by atoms with Gasteiger partial charge >= 0.3 is 0 Å². The zero-order valence-corrected chi connectivity index (χ0v) is 11.0. The Hall–Kier alpha value is -1.08. The fraction of sp³-hybridized carbons (Fsp3) is 0.286. The first-order chi connectivity index (χ1) is 7.12. The molecule has 78 valence electrons. The highest BCUT2D eigenvalue weighted by atomic mass is 28.3. The molecule has 0 spiro atoms. The van der Waals surface area contributed by atoms with Crippen molar-refractivity contribution in [1.29, 1.82) is 0 Å². The summed E-state index contributed by atoms with van der Waals surface area (Å²) in [4.78, 5) is 0. The number of hydrogen-bond donors (Lipinski definition) is 0. The first-order valence-electron chi connectivity index (χ1n) is 5.56. The van der Waals surface area contributed by atoms with E-state index in [0.717, 1.165) is 0 Å². The standard InChI is InChI=1S/C14H18Si/c1-5-11-12-9-7-8-10-14(12)15(3,4)13(11)6-2/h5-10H,1-4H3/b11-5-,13-6+. The zero-order valence-electron chi connectivity index (χ0n) is 9.96. The smallest absolute Gasteiger partial charge is 0.0874 e. The summed E-state index contributed by atoms with van der Waals surface area (Å²) in [5.74, 6) is 0. The maximum absolute atomic E-state index is 2.44. The van der Waals surface area contributed by atoms with Crippen molar-refractivity contribution in [3.63, 3.8) is 0 Å². The van der Waals surface area contributed by atoms with Gasteiger partial charge in [-0.1, -0.05) is 54.7 Å². The molecule has 1 aliphatic heterocycles. The van der Waals surface area contributed by atoms with Gasteiger partial charge in [-0.25, -0.2) is 0 Å². The van der Waals surface area contributed by atoms with E-state index in [1.807, 2.05) is 0 Å². The zero-order chi connectivity index (χ0) is 11.1. The molecule has 1 aromatic rings. The summed E-state index contributed by atoms with van der Waals surface area (Å²) in [5, 5.41) is 3.18. The average molecular weight is 214 g/mol. The molecule has 0 bridgehead atoms. The van der Waals surface area contributed by atoms with Crippen molar-refractivity contribution in [3.8, 4) is 0 Å². The Morgan fingerprint density at radius 3 is 2.27 bits per heavy atom. The van der Waals surface area contributed by atoms with Crippen molar-refractivity contribution in [1.82, 2.24) is 0 Å². The van der Waals surface area contributed by atoms with Crippen molar-refractivity contribution in [2.75, 3.05) is 0 Å². The summed E-state index contributed by atoms with van der Waals surface area (Å²) in [6.45, 7) is 9.19. The second-order valence-electron chi connectivity index (χ2n) is 4.58. The molecule has 2 rings (SSSR count). The molecule has 0 fully saturated rings. The highest BCUT2D eigenvalue weighted by molar-refractivity contribution is 7.00. The van der Waals surface area contributed by atoms with E-state index < -0.39 is 8.07 Å². The van der Waals surface area contributed by atoms with Crippen molar-refractivity contribution in [2.24, 2.45) is 0 Å². The minimum absolute atomic E-state index is 1.38. The van der Waals surface area contributed by atoms with Gasteiger partial charge in [-0.05, 0) is 30.2 Å². The van der Waals surface area contributed by atoms with Crippen LogP contribution in [0.15, 0.2) is 41.6 Å². The fourth-order valence-electron chi connectivity index (χ4n) is 2.72. The summed E-state index contributed by atoms with van der Waals surface area (Å²) >= 11 is 0. The number of benzene rings is 1. The number of rotatable bonds is 0. The minimum Gasteiger partial charge on any atom is -0.0874 e. The van der Waals surface area contributed by atoms with Crippen LogP contribution in [0, 0.1) is 0 Å². The Bertz CT molecular complexity index is 450. The highest BCUT2D eigenvalue weighted by Crippen LogP contribution is 2.37. The molecule has 0 aromatic heterocycles. The molecule has 1 aliphatic rings. The van der Waals surface area contributed by atoms with Crippen LogP contribution in [0.3, 0.4) is 0 Å². The summed E-state index contributed by atoms with van der Waals surface area (Å²) in [5.41, 5.74) is 2.93. The molecular weight excluding hydrogens is 196 g/mol. The lowest BCUT2D eigenvalue weighted by Crippen LogP contribution is -2.39. The normalized spacial score (nSPS) is 23.5. The van der Waals surface area contributed by atoms with Crippen LogP contribution in [0.1, 0.15) is 19.4 Å². The third kappa shape index (κ3) is 1.34. The van der Waals surface area contributed by atoms with E-state index in [4.69, 9.17) is 0 Å². The molecule has 1 heterocycles. The molecule has 0 atom stereocenters. The maximum atomic E-state index is 2.44. The lowest BCUT2D eigenvalue weighted by molar-refractivity contribution is 1.62. The van der Waals surface area contributed by atoms with Crippen molar-refractivity contribution >= 4 is 18.8 Å². The Morgan fingerprint density at radius 2 is 1.67 bits per heavy atom. The van der Waals surface area contributed by atoms with Gasteiger partial charge in [-0.15, -0.1) is 0 Å². The molecule has 1 heteroatoms. The molecule has 0 radical (unpaired) electrons. The summed E-state index contributed by atoms with van der Waals surface area (Å²) in [6, 6.07) is 8.88.